The number of hydrogen-bond acceptors (Lipinski definition) is 5. The lowest BCUT2D eigenvalue weighted by Crippen LogP contribution is -2.57. The number of carbonyl (C=O) groups is 1. The number of ether oxygens (including phenoxy) is 2. The SMILES string of the molecule is C[C@H](NC(=O)OC(C)(C)C)c1ccc(N2CC(N(C)C)C2)cc1OC(F)F. The number of halogens is 2. The third kappa shape index (κ3) is 5.95. The minimum Gasteiger partial charge on any atom is -0.444 e. The van der Waals surface area contributed by atoms with E-state index in [1.165, 1.54) is 0 Å². The first kappa shape index (κ1) is 21.2. The predicted molar refractivity (Wildman–Crippen MR) is 101 cm³/mol. The zero-order valence-corrected chi connectivity index (χ0v) is 16.8. The Morgan fingerprint density at radius 2 is 1.93 bits per heavy atom. The smallest absolute Gasteiger partial charge is 0.408 e. The molecular formula is C19H29F2N3O3. The molecule has 0 radical (unpaired) electrons. The van der Waals surface area contributed by atoms with Crippen LogP contribution in [0.2, 0.25) is 0 Å². The summed E-state index contributed by atoms with van der Waals surface area (Å²) in [5.74, 6) is 0.0550. The van der Waals surface area contributed by atoms with Crippen LogP contribution in [0.3, 0.4) is 0 Å². The fraction of sp³-hybridized carbons (Fsp3) is 0.632. The van der Waals surface area contributed by atoms with E-state index in [2.05, 4.69) is 15.1 Å². The topological polar surface area (TPSA) is 54.0 Å². The third-order valence-electron chi connectivity index (χ3n) is 4.37. The van der Waals surface area contributed by atoms with Crippen molar-refractivity contribution < 1.29 is 23.0 Å². The Morgan fingerprint density at radius 3 is 2.44 bits per heavy atom. The monoisotopic (exact) mass is 385 g/mol. The molecule has 0 unspecified atom stereocenters. The van der Waals surface area contributed by atoms with Crippen molar-refractivity contribution in [2.45, 2.75) is 52.0 Å². The van der Waals surface area contributed by atoms with Crippen LogP contribution < -0.4 is 15.0 Å². The van der Waals surface area contributed by atoms with Crippen molar-refractivity contribution in [1.29, 1.82) is 0 Å². The molecule has 1 N–H and O–H groups in total. The molecular weight excluding hydrogens is 356 g/mol. The first-order valence-corrected chi connectivity index (χ1v) is 8.96. The Kier molecular flexibility index (Phi) is 6.51. The lowest BCUT2D eigenvalue weighted by atomic mass is 10.0. The average molecular weight is 385 g/mol. The van der Waals surface area contributed by atoms with Crippen molar-refractivity contribution in [3.05, 3.63) is 23.8 Å². The maximum absolute atomic E-state index is 12.9. The van der Waals surface area contributed by atoms with Crippen molar-refractivity contribution in [3.63, 3.8) is 0 Å². The minimum absolute atomic E-state index is 0.0550. The quantitative estimate of drug-likeness (QED) is 0.811. The van der Waals surface area contributed by atoms with Crippen LogP contribution in [0.15, 0.2) is 18.2 Å². The maximum Gasteiger partial charge on any atom is 0.408 e. The summed E-state index contributed by atoms with van der Waals surface area (Å²) in [6.07, 6.45) is -0.612. The van der Waals surface area contributed by atoms with Gasteiger partial charge in [-0.15, -0.1) is 0 Å². The molecule has 8 heteroatoms. The Bertz CT molecular complexity index is 656. The molecule has 1 fully saturated rings. The molecule has 1 atom stereocenters. The van der Waals surface area contributed by atoms with E-state index in [-0.39, 0.29) is 5.75 Å². The Labute approximate surface area is 159 Å². The third-order valence-corrected chi connectivity index (χ3v) is 4.37. The van der Waals surface area contributed by atoms with E-state index in [9.17, 15) is 13.6 Å². The van der Waals surface area contributed by atoms with E-state index in [0.717, 1.165) is 18.8 Å². The zero-order valence-electron chi connectivity index (χ0n) is 16.8. The number of carbonyl (C=O) groups excluding carboxylic acids is 1. The van der Waals surface area contributed by atoms with Gasteiger partial charge < -0.3 is 24.6 Å². The van der Waals surface area contributed by atoms with Crippen LogP contribution in [0, 0.1) is 0 Å². The van der Waals surface area contributed by atoms with Crippen molar-refractivity contribution >= 4 is 11.8 Å². The van der Waals surface area contributed by atoms with E-state index < -0.39 is 24.3 Å². The van der Waals surface area contributed by atoms with Crippen LogP contribution in [0.5, 0.6) is 5.75 Å². The second-order valence-electron chi connectivity index (χ2n) is 7.99. The minimum atomic E-state index is -2.95. The Morgan fingerprint density at radius 1 is 1.30 bits per heavy atom. The van der Waals surface area contributed by atoms with Gasteiger partial charge in [-0.05, 0) is 47.9 Å². The highest BCUT2D eigenvalue weighted by molar-refractivity contribution is 5.69. The molecule has 0 saturated carbocycles. The van der Waals surface area contributed by atoms with Gasteiger partial charge in [0, 0.05) is 36.4 Å². The van der Waals surface area contributed by atoms with Gasteiger partial charge in [-0.25, -0.2) is 4.79 Å². The number of alkyl halides is 2. The highest BCUT2D eigenvalue weighted by Gasteiger charge is 2.29. The fourth-order valence-corrected chi connectivity index (χ4v) is 2.83. The first-order valence-electron chi connectivity index (χ1n) is 8.96. The second-order valence-corrected chi connectivity index (χ2v) is 7.99. The lowest BCUT2D eigenvalue weighted by molar-refractivity contribution is -0.0506. The summed E-state index contributed by atoms with van der Waals surface area (Å²) >= 11 is 0. The number of likely N-dealkylation sites (N-methyl/N-ethyl adjacent to an activating group) is 1. The van der Waals surface area contributed by atoms with Gasteiger partial charge in [0.2, 0.25) is 0 Å². The Balaban J connectivity index is 2.14. The zero-order chi connectivity index (χ0) is 20.4. The summed E-state index contributed by atoms with van der Waals surface area (Å²) in [6, 6.07) is 5.05. The number of amides is 1. The summed E-state index contributed by atoms with van der Waals surface area (Å²) in [4.78, 5) is 16.2. The predicted octanol–water partition coefficient (Wildman–Crippen LogP) is 3.62. The first-order chi connectivity index (χ1) is 12.5. The van der Waals surface area contributed by atoms with E-state index in [1.807, 2.05) is 20.2 Å². The standard InChI is InChI=1S/C19H29F2N3O3/c1-12(22-18(25)27-19(2,3)4)15-8-7-13(9-16(15)26-17(20)21)24-10-14(11-24)23(5)6/h7-9,12,14,17H,10-11H2,1-6H3,(H,22,25)/t12-/m0/s1. The number of hydrogen-bond donors (Lipinski definition) is 1. The molecule has 27 heavy (non-hydrogen) atoms. The van der Waals surface area contributed by atoms with Gasteiger partial charge in [0.1, 0.15) is 11.4 Å². The summed E-state index contributed by atoms with van der Waals surface area (Å²) < 4.78 is 35.7. The summed E-state index contributed by atoms with van der Waals surface area (Å²) in [6.45, 7) is 5.67. The largest absolute Gasteiger partial charge is 0.444 e. The molecule has 1 amide bonds. The molecule has 1 saturated heterocycles. The molecule has 0 aliphatic carbocycles. The van der Waals surface area contributed by atoms with Gasteiger partial charge >= 0.3 is 12.7 Å². The number of anilines is 1. The van der Waals surface area contributed by atoms with Gasteiger partial charge in [-0.3, -0.25) is 0 Å². The lowest BCUT2D eigenvalue weighted by Gasteiger charge is -2.44. The summed E-state index contributed by atoms with van der Waals surface area (Å²) in [7, 11) is 4.03. The maximum atomic E-state index is 12.9. The molecule has 0 aromatic heterocycles. The molecule has 1 aromatic carbocycles. The second kappa shape index (κ2) is 8.29. The molecule has 0 bridgehead atoms. The van der Waals surface area contributed by atoms with Gasteiger partial charge in [0.05, 0.1) is 6.04 Å². The van der Waals surface area contributed by atoms with Gasteiger partial charge in [0.15, 0.2) is 0 Å². The fourth-order valence-electron chi connectivity index (χ4n) is 2.83. The van der Waals surface area contributed by atoms with Crippen molar-refractivity contribution in [3.8, 4) is 5.75 Å². The van der Waals surface area contributed by atoms with Crippen LogP contribution in [0.25, 0.3) is 0 Å². The summed E-state index contributed by atoms with van der Waals surface area (Å²) in [5.41, 5.74) is 0.641. The molecule has 2 rings (SSSR count). The van der Waals surface area contributed by atoms with E-state index in [1.54, 1.807) is 39.8 Å². The van der Waals surface area contributed by atoms with Crippen LogP contribution in [-0.4, -0.2) is 56.4 Å². The van der Waals surface area contributed by atoms with Crippen LogP contribution in [-0.2, 0) is 4.74 Å². The van der Waals surface area contributed by atoms with Crippen LogP contribution in [0.1, 0.15) is 39.3 Å². The molecule has 152 valence electrons. The van der Waals surface area contributed by atoms with Crippen molar-refractivity contribution in [1.82, 2.24) is 10.2 Å². The Hall–Kier alpha value is -2.09. The average Bonchev–Trinajstić information content (AvgIpc) is 2.42. The van der Waals surface area contributed by atoms with E-state index in [4.69, 9.17) is 9.47 Å². The number of rotatable bonds is 6. The van der Waals surface area contributed by atoms with Crippen molar-refractivity contribution in [2.24, 2.45) is 0 Å². The molecule has 1 aliphatic rings. The van der Waals surface area contributed by atoms with Gasteiger partial charge in [0.25, 0.3) is 0 Å². The van der Waals surface area contributed by atoms with Crippen molar-refractivity contribution in [2.75, 3.05) is 32.1 Å². The number of nitrogens with one attached hydrogen (secondary N) is 1. The highest BCUT2D eigenvalue weighted by Crippen LogP contribution is 2.33. The van der Waals surface area contributed by atoms with Crippen LogP contribution >= 0.6 is 0 Å². The number of benzene rings is 1. The van der Waals surface area contributed by atoms with Crippen LogP contribution in [0.4, 0.5) is 19.3 Å². The molecule has 1 aromatic rings. The summed E-state index contributed by atoms with van der Waals surface area (Å²) in [5, 5.41) is 2.66. The normalized spacial score (nSPS) is 16.3. The van der Waals surface area contributed by atoms with E-state index in [0.29, 0.717) is 11.6 Å². The molecule has 6 nitrogen and oxygen atoms in total. The molecule has 1 heterocycles. The molecule has 1 aliphatic heterocycles. The molecule has 0 spiro atoms. The van der Waals surface area contributed by atoms with Gasteiger partial charge in [-0.2, -0.15) is 8.78 Å². The number of alkyl carbamates (subject to hydrolysis) is 1. The highest BCUT2D eigenvalue weighted by atomic mass is 19.3. The number of nitrogens with zero attached hydrogens (tertiary/aromatic N) is 2. The van der Waals surface area contributed by atoms with Gasteiger partial charge in [-0.1, -0.05) is 6.07 Å². The van der Waals surface area contributed by atoms with E-state index >= 15 is 0 Å².